The van der Waals surface area contributed by atoms with E-state index in [9.17, 15) is 9.59 Å². The molecular weight excluding hydrogens is 204 g/mol. The van der Waals surface area contributed by atoms with E-state index in [2.05, 4.69) is 10.6 Å². The fourth-order valence-corrected chi connectivity index (χ4v) is 1.07. The molecule has 0 radical (unpaired) electrons. The molecule has 2 amide bonds. The summed E-state index contributed by atoms with van der Waals surface area (Å²) < 4.78 is 0. The number of nitrogens with one attached hydrogen (secondary N) is 2. The molecule has 14 heavy (non-hydrogen) atoms. The summed E-state index contributed by atoms with van der Waals surface area (Å²) in [6.45, 7) is -0.00754. The highest BCUT2D eigenvalue weighted by Gasteiger charge is 1.99. The zero-order valence-corrected chi connectivity index (χ0v) is 8.04. The molecule has 0 fully saturated rings. The summed E-state index contributed by atoms with van der Waals surface area (Å²) in [6, 6.07) is 6.31. The summed E-state index contributed by atoms with van der Waals surface area (Å²) in [6.07, 6.45) is 0.609. The van der Waals surface area contributed by atoms with Gasteiger partial charge >= 0.3 is 6.03 Å². The fourth-order valence-electron chi connectivity index (χ4n) is 0.876. The van der Waals surface area contributed by atoms with E-state index >= 15 is 0 Å². The van der Waals surface area contributed by atoms with Crippen LogP contribution in [0.1, 0.15) is 0 Å². The van der Waals surface area contributed by atoms with Crippen molar-refractivity contribution >= 4 is 29.6 Å². The molecule has 1 aromatic rings. The molecule has 0 aliphatic rings. The third kappa shape index (κ3) is 3.45. The van der Waals surface area contributed by atoms with E-state index in [-0.39, 0.29) is 6.54 Å². The molecular formula is C9H9ClN2O2. The highest BCUT2D eigenvalue weighted by atomic mass is 35.5. The maximum Gasteiger partial charge on any atom is 0.319 e. The lowest BCUT2D eigenvalue weighted by Gasteiger charge is -2.04. The second-order valence-corrected chi connectivity index (χ2v) is 2.95. The number of aldehydes is 1. The van der Waals surface area contributed by atoms with E-state index in [0.717, 1.165) is 0 Å². The minimum atomic E-state index is -0.431. The molecule has 4 nitrogen and oxygen atoms in total. The summed E-state index contributed by atoms with van der Waals surface area (Å²) in [5, 5.41) is 5.40. The molecule has 0 unspecified atom stereocenters. The number of carbonyl (C=O) groups is 2. The van der Waals surface area contributed by atoms with Gasteiger partial charge in [0.2, 0.25) is 0 Å². The number of benzene rings is 1. The van der Waals surface area contributed by atoms with Gasteiger partial charge in [-0.2, -0.15) is 0 Å². The van der Waals surface area contributed by atoms with Crippen LogP contribution in [0, 0.1) is 0 Å². The lowest BCUT2D eigenvalue weighted by molar-refractivity contribution is -0.107. The number of amides is 2. The zero-order chi connectivity index (χ0) is 10.4. The summed E-state index contributed by atoms with van der Waals surface area (Å²) in [4.78, 5) is 21.0. The molecule has 5 heteroatoms. The minimum absolute atomic E-state index is 0.00754. The second-order valence-electron chi connectivity index (χ2n) is 2.51. The largest absolute Gasteiger partial charge is 0.331 e. The van der Waals surface area contributed by atoms with Gasteiger partial charge in [0, 0.05) is 10.7 Å². The van der Waals surface area contributed by atoms with Crippen molar-refractivity contribution in [1.29, 1.82) is 0 Å². The molecule has 1 aromatic carbocycles. The van der Waals surface area contributed by atoms with E-state index < -0.39 is 6.03 Å². The minimum Gasteiger partial charge on any atom is -0.331 e. The van der Waals surface area contributed by atoms with Crippen LogP contribution in [-0.2, 0) is 4.79 Å². The highest BCUT2D eigenvalue weighted by molar-refractivity contribution is 6.30. The number of anilines is 1. The summed E-state index contributed by atoms with van der Waals surface area (Å²) in [5.74, 6) is 0. The Kier molecular flexibility index (Phi) is 3.94. The third-order valence-electron chi connectivity index (χ3n) is 1.43. The molecule has 0 atom stereocenters. The van der Waals surface area contributed by atoms with Crippen molar-refractivity contribution in [2.75, 3.05) is 11.9 Å². The second kappa shape index (κ2) is 5.24. The molecule has 0 spiro atoms. The Morgan fingerprint density at radius 3 is 2.93 bits per heavy atom. The van der Waals surface area contributed by atoms with Crippen LogP contribution in [-0.4, -0.2) is 18.9 Å². The van der Waals surface area contributed by atoms with Gasteiger partial charge in [-0.15, -0.1) is 0 Å². The standard InChI is InChI=1S/C9H9ClN2O2/c10-7-2-1-3-8(6-7)12-9(14)11-4-5-13/h1-3,5-6H,4H2,(H2,11,12,14). The number of halogens is 1. The van der Waals surface area contributed by atoms with Gasteiger partial charge in [-0.1, -0.05) is 17.7 Å². The maximum absolute atomic E-state index is 11.1. The van der Waals surface area contributed by atoms with E-state index in [1.807, 2.05) is 0 Å². The van der Waals surface area contributed by atoms with Crippen molar-refractivity contribution in [2.45, 2.75) is 0 Å². The average molecular weight is 213 g/mol. The van der Waals surface area contributed by atoms with Crippen molar-refractivity contribution in [3.8, 4) is 0 Å². The molecule has 0 aliphatic carbocycles. The van der Waals surface area contributed by atoms with Crippen molar-refractivity contribution < 1.29 is 9.59 Å². The van der Waals surface area contributed by atoms with Crippen molar-refractivity contribution in [3.05, 3.63) is 29.3 Å². The van der Waals surface area contributed by atoms with Crippen LogP contribution in [0.3, 0.4) is 0 Å². The Hall–Kier alpha value is -1.55. The molecule has 2 N–H and O–H groups in total. The van der Waals surface area contributed by atoms with Crippen molar-refractivity contribution in [1.82, 2.24) is 5.32 Å². The molecule has 1 rings (SSSR count). The maximum atomic E-state index is 11.1. The van der Waals surface area contributed by atoms with Gasteiger partial charge in [-0.05, 0) is 18.2 Å². The van der Waals surface area contributed by atoms with Crippen LogP contribution in [0.5, 0.6) is 0 Å². The first kappa shape index (κ1) is 10.5. The Bertz CT molecular complexity index is 341. The molecule has 0 saturated carbocycles. The first-order valence-corrected chi connectivity index (χ1v) is 4.34. The van der Waals surface area contributed by atoms with Crippen LogP contribution >= 0.6 is 11.6 Å². The van der Waals surface area contributed by atoms with Crippen LogP contribution in [0.4, 0.5) is 10.5 Å². The first-order valence-electron chi connectivity index (χ1n) is 3.96. The molecule has 0 bridgehead atoms. The predicted molar refractivity (Wildman–Crippen MR) is 54.5 cm³/mol. The lowest BCUT2D eigenvalue weighted by atomic mass is 10.3. The Labute approximate surface area is 86.3 Å². The SMILES string of the molecule is O=CCNC(=O)Nc1cccc(Cl)c1. The van der Waals surface area contributed by atoms with Gasteiger partial charge in [0.1, 0.15) is 6.29 Å². The fraction of sp³-hybridized carbons (Fsp3) is 0.111. The number of rotatable bonds is 3. The lowest BCUT2D eigenvalue weighted by Crippen LogP contribution is -2.29. The van der Waals surface area contributed by atoms with Gasteiger partial charge in [-0.3, -0.25) is 0 Å². The summed E-state index contributed by atoms with van der Waals surface area (Å²) >= 11 is 5.70. The number of urea groups is 1. The number of hydrogen-bond acceptors (Lipinski definition) is 2. The van der Waals surface area contributed by atoms with Gasteiger partial charge in [0.15, 0.2) is 0 Å². The summed E-state index contributed by atoms with van der Waals surface area (Å²) in [7, 11) is 0. The Morgan fingerprint density at radius 2 is 2.29 bits per heavy atom. The monoisotopic (exact) mass is 212 g/mol. The number of carbonyl (C=O) groups excluding carboxylic acids is 2. The first-order chi connectivity index (χ1) is 6.72. The highest BCUT2D eigenvalue weighted by Crippen LogP contribution is 2.14. The van der Waals surface area contributed by atoms with Crippen LogP contribution < -0.4 is 10.6 Å². The van der Waals surface area contributed by atoms with Crippen molar-refractivity contribution in [2.24, 2.45) is 0 Å². The van der Waals surface area contributed by atoms with Gasteiger partial charge in [0.05, 0.1) is 6.54 Å². The predicted octanol–water partition coefficient (Wildman–Crippen LogP) is 1.66. The van der Waals surface area contributed by atoms with E-state index in [0.29, 0.717) is 17.0 Å². The topological polar surface area (TPSA) is 58.2 Å². The molecule has 74 valence electrons. The van der Waals surface area contributed by atoms with Crippen molar-refractivity contribution in [3.63, 3.8) is 0 Å². The Balaban J connectivity index is 2.51. The molecule has 0 heterocycles. The van der Waals surface area contributed by atoms with Crippen LogP contribution in [0.2, 0.25) is 5.02 Å². The molecule has 0 aromatic heterocycles. The van der Waals surface area contributed by atoms with E-state index in [1.54, 1.807) is 24.3 Å². The smallest absolute Gasteiger partial charge is 0.319 e. The van der Waals surface area contributed by atoms with E-state index in [1.165, 1.54) is 0 Å². The van der Waals surface area contributed by atoms with Gasteiger partial charge < -0.3 is 15.4 Å². The average Bonchev–Trinajstić information content (AvgIpc) is 2.15. The number of hydrogen-bond donors (Lipinski definition) is 2. The molecule has 0 saturated heterocycles. The van der Waals surface area contributed by atoms with Crippen LogP contribution in [0.25, 0.3) is 0 Å². The quantitative estimate of drug-likeness (QED) is 0.749. The van der Waals surface area contributed by atoms with Crippen LogP contribution in [0.15, 0.2) is 24.3 Å². The summed E-state index contributed by atoms with van der Waals surface area (Å²) in [5.41, 5.74) is 0.584. The van der Waals surface area contributed by atoms with Gasteiger partial charge in [0.25, 0.3) is 0 Å². The third-order valence-corrected chi connectivity index (χ3v) is 1.66. The molecule has 0 aliphatic heterocycles. The van der Waals surface area contributed by atoms with Gasteiger partial charge in [-0.25, -0.2) is 4.79 Å². The zero-order valence-electron chi connectivity index (χ0n) is 7.29. The van der Waals surface area contributed by atoms with E-state index in [4.69, 9.17) is 11.6 Å². The Morgan fingerprint density at radius 1 is 1.50 bits per heavy atom. The normalized spacial score (nSPS) is 9.21.